The van der Waals surface area contributed by atoms with Gasteiger partial charge in [-0.15, -0.1) is 0 Å². The Kier molecular flexibility index (Phi) is 6.62. The molecule has 30 heavy (non-hydrogen) atoms. The maximum atomic E-state index is 13.5. The number of carbonyl (C=O) groups is 2. The van der Waals surface area contributed by atoms with Crippen LogP contribution in [0.25, 0.3) is 5.76 Å². The van der Waals surface area contributed by atoms with E-state index in [1.807, 2.05) is 13.8 Å². The number of hydrogen-bond donors (Lipinski definition) is 1. The molecule has 5 nitrogen and oxygen atoms in total. The van der Waals surface area contributed by atoms with Crippen LogP contribution in [0.3, 0.4) is 0 Å². The number of carbonyl (C=O) groups excluding carboxylic acids is 2. The Morgan fingerprint density at radius 1 is 0.967 bits per heavy atom. The van der Waals surface area contributed by atoms with Gasteiger partial charge in [0.2, 0.25) is 0 Å². The summed E-state index contributed by atoms with van der Waals surface area (Å²) in [6.07, 6.45) is 0. The van der Waals surface area contributed by atoms with Crippen molar-refractivity contribution in [2.45, 2.75) is 19.9 Å². The number of aliphatic hydroxyl groups is 1. The Morgan fingerprint density at radius 3 is 2.03 bits per heavy atom. The zero-order valence-electron chi connectivity index (χ0n) is 16.9. The smallest absolute Gasteiger partial charge is 0.295 e. The predicted octanol–water partition coefficient (Wildman–Crippen LogP) is 3.73. The van der Waals surface area contributed by atoms with Gasteiger partial charge in [0.25, 0.3) is 11.7 Å². The first kappa shape index (κ1) is 21.6. The molecular weight excluding hydrogens is 390 g/mol. The first-order chi connectivity index (χ1) is 14.4. The summed E-state index contributed by atoms with van der Waals surface area (Å²) < 4.78 is 26.8. The van der Waals surface area contributed by atoms with Crippen molar-refractivity contribution in [3.63, 3.8) is 0 Å². The molecule has 0 radical (unpaired) electrons. The second-order valence-corrected chi connectivity index (χ2v) is 7.08. The van der Waals surface area contributed by atoms with Crippen LogP contribution in [0, 0.1) is 11.6 Å². The quantitative estimate of drug-likeness (QED) is 0.426. The SMILES string of the molecule is CCN(CC)CCN1C(=O)C(=O)/C(=C(/O)c2ccc(F)cc2)[C@@H]1c1ccc(F)cc1. The van der Waals surface area contributed by atoms with Crippen LogP contribution in [0.5, 0.6) is 0 Å². The second-order valence-electron chi connectivity index (χ2n) is 7.08. The summed E-state index contributed by atoms with van der Waals surface area (Å²) in [4.78, 5) is 29.2. The molecule has 1 amide bonds. The third-order valence-corrected chi connectivity index (χ3v) is 5.39. The van der Waals surface area contributed by atoms with Crippen LogP contribution >= 0.6 is 0 Å². The lowest BCUT2D eigenvalue weighted by Gasteiger charge is -2.28. The van der Waals surface area contributed by atoms with E-state index in [0.717, 1.165) is 13.1 Å². The van der Waals surface area contributed by atoms with Gasteiger partial charge in [-0.05, 0) is 55.1 Å². The number of amides is 1. The molecule has 0 bridgehead atoms. The van der Waals surface area contributed by atoms with Crippen molar-refractivity contribution >= 4 is 17.4 Å². The van der Waals surface area contributed by atoms with Crippen molar-refractivity contribution in [1.82, 2.24) is 9.80 Å². The van der Waals surface area contributed by atoms with Gasteiger partial charge < -0.3 is 14.9 Å². The van der Waals surface area contributed by atoms with E-state index in [-0.39, 0.29) is 23.4 Å². The average Bonchev–Trinajstić information content (AvgIpc) is 3.00. The molecule has 1 fully saturated rings. The largest absolute Gasteiger partial charge is 0.507 e. The highest BCUT2D eigenvalue weighted by Crippen LogP contribution is 2.39. The Balaban J connectivity index is 2.08. The molecule has 1 aliphatic rings. The fraction of sp³-hybridized carbons (Fsp3) is 0.304. The van der Waals surface area contributed by atoms with E-state index in [2.05, 4.69) is 4.90 Å². The molecule has 158 valence electrons. The van der Waals surface area contributed by atoms with Gasteiger partial charge in [-0.3, -0.25) is 9.59 Å². The molecule has 1 saturated heterocycles. The molecule has 0 spiro atoms. The van der Waals surface area contributed by atoms with Crippen LogP contribution in [0.1, 0.15) is 31.0 Å². The van der Waals surface area contributed by atoms with Crippen molar-refractivity contribution in [2.75, 3.05) is 26.2 Å². The molecule has 0 aromatic heterocycles. The second kappa shape index (κ2) is 9.17. The molecule has 0 saturated carbocycles. The van der Waals surface area contributed by atoms with Crippen LogP contribution < -0.4 is 0 Å². The van der Waals surface area contributed by atoms with Crippen LogP contribution in [0.15, 0.2) is 54.1 Å². The van der Waals surface area contributed by atoms with Crippen LogP contribution in [0.2, 0.25) is 0 Å². The molecule has 1 N–H and O–H groups in total. The number of benzene rings is 2. The number of likely N-dealkylation sites (tertiary alicyclic amines) is 1. The van der Waals surface area contributed by atoms with Crippen LogP contribution in [-0.4, -0.2) is 52.8 Å². The molecule has 2 aromatic rings. The predicted molar refractivity (Wildman–Crippen MR) is 110 cm³/mol. The van der Waals surface area contributed by atoms with Gasteiger partial charge >= 0.3 is 0 Å². The Morgan fingerprint density at radius 2 is 1.50 bits per heavy atom. The lowest BCUT2D eigenvalue weighted by atomic mass is 9.95. The van der Waals surface area contributed by atoms with E-state index >= 15 is 0 Å². The molecule has 1 aliphatic heterocycles. The summed E-state index contributed by atoms with van der Waals surface area (Å²) in [6, 6.07) is 9.64. The molecular formula is C23H24F2N2O3. The number of nitrogens with zero attached hydrogens (tertiary/aromatic N) is 2. The topological polar surface area (TPSA) is 60.9 Å². The summed E-state index contributed by atoms with van der Waals surface area (Å²) in [5, 5.41) is 10.8. The fourth-order valence-corrected chi connectivity index (χ4v) is 3.65. The highest BCUT2D eigenvalue weighted by Gasteiger charge is 2.45. The highest BCUT2D eigenvalue weighted by atomic mass is 19.1. The zero-order valence-corrected chi connectivity index (χ0v) is 16.9. The minimum absolute atomic E-state index is 0.0854. The number of rotatable bonds is 7. The van der Waals surface area contributed by atoms with Gasteiger partial charge in [0.15, 0.2) is 0 Å². The van der Waals surface area contributed by atoms with Crippen LogP contribution in [-0.2, 0) is 9.59 Å². The summed E-state index contributed by atoms with van der Waals surface area (Å²) >= 11 is 0. The lowest BCUT2D eigenvalue weighted by Crippen LogP contribution is -2.38. The van der Waals surface area contributed by atoms with E-state index in [0.29, 0.717) is 12.1 Å². The van der Waals surface area contributed by atoms with Crippen LogP contribution in [0.4, 0.5) is 8.78 Å². The Labute approximate surface area is 174 Å². The summed E-state index contributed by atoms with van der Waals surface area (Å²) in [7, 11) is 0. The average molecular weight is 414 g/mol. The molecule has 0 unspecified atom stereocenters. The fourth-order valence-electron chi connectivity index (χ4n) is 3.65. The highest BCUT2D eigenvalue weighted by molar-refractivity contribution is 6.46. The number of halogens is 2. The zero-order chi connectivity index (χ0) is 21.8. The summed E-state index contributed by atoms with van der Waals surface area (Å²) in [5.41, 5.74) is 0.654. The molecule has 1 atom stereocenters. The molecule has 2 aromatic carbocycles. The molecule has 1 heterocycles. The maximum absolute atomic E-state index is 13.5. The van der Waals surface area contributed by atoms with Gasteiger partial charge in [-0.1, -0.05) is 26.0 Å². The number of likely N-dealkylation sites (N-methyl/N-ethyl adjacent to an activating group) is 1. The van der Waals surface area contributed by atoms with Gasteiger partial charge in [0.1, 0.15) is 17.4 Å². The molecule has 3 rings (SSSR count). The van der Waals surface area contributed by atoms with E-state index < -0.39 is 29.4 Å². The minimum atomic E-state index is -0.855. The minimum Gasteiger partial charge on any atom is -0.507 e. The first-order valence-corrected chi connectivity index (χ1v) is 9.89. The first-order valence-electron chi connectivity index (χ1n) is 9.89. The van der Waals surface area contributed by atoms with E-state index in [9.17, 15) is 23.5 Å². The number of aliphatic hydroxyl groups excluding tert-OH is 1. The summed E-state index contributed by atoms with van der Waals surface area (Å²) in [6.45, 7) is 6.41. The van der Waals surface area contributed by atoms with Gasteiger partial charge in [-0.2, -0.15) is 0 Å². The van der Waals surface area contributed by atoms with Crippen molar-refractivity contribution in [2.24, 2.45) is 0 Å². The number of Topliss-reactive ketones (excluding diaryl/α,β-unsaturated/α-hetero) is 1. The summed E-state index contributed by atoms with van der Waals surface area (Å²) in [5.74, 6) is -2.85. The standard InChI is InChI=1S/C23H24F2N2O3/c1-3-26(4-2)13-14-27-20(15-5-9-17(24)10-6-15)19(22(29)23(27)30)21(28)16-7-11-18(25)12-8-16/h5-12,20,28H,3-4,13-14H2,1-2H3/b21-19+/t20-/m0/s1. The van der Waals surface area contributed by atoms with E-state index in [1.54, 1.807) is 0 Å². The lowest BCUT2D eigenvalue weighted by molar-refractivity contribution is -0.140. The van der Waals surface area contributed by atoms with Gasteiger partial charge in [0.05, 0.1) is 11.6 Å². The van der Waals surface area contributed by atoms with Gasteiger partial charge in [-0.25, -0.2) is 8.78 Å². The van der Waals surface area contributed by atoms with Crippen molar-refractivity contribution < 1.29 is 23.5 Å². The molecule has 0 aliphatic carbocycles. The third-order valence-electron chi connectivity index (χ3n) is 5.39. The Hall–Kier alpha value is -3.06. The number of ketones is 1. The normalized spacial score (nSPS) is 18.4. The number of hydrogen-bond acceptors (Lipinski definition) is 4. The van der Waals surface area contributed by atoms with Crippen molar-refractivity contribution in [1.29, 1.82) is 0 Å². The van der Waals surface area contributed by atoms with Crippen molar-refractivity contribution in [3.8, 4) is 0 Å². The van der Waals surface area contributed by atoms with Crippen molar-refractivity contribution in [3.05, 3.63) is 76.9 Å². The van der Waals surface area contributed by atoms with Gasteiger partial charge in [0, 0.05) is 18.7 Å². The van der Waals surface area contributed by atoms with E-state index in [4.69, 9.17) is 0 Å². The molecule has 7 heteroatoms. The third kappa shape index (κ3) is 4.26. The maximum Gasteiger partial charge on any atom is 0.295 e. The monoisotopic (exact) mass is 414 g/mol. The Bertz CT molecular complexity index is 951. The van der Waals surface area contributed by atoms with E-state index in [1.165, 1.54) is 53.4 Å².